The first-order valence-corrected chi connectivity index (χ1v) is 15.4. The van der Waals surface area contributed by atoms with Gasteiger partial charge in [0, 0.05) is 6.42 Å². The molecule has 0 aliphatic heterocycles. The Balaban J connectivity index is 1.69. The Morgan fingerprint density at radius 2 is 1.52 bits per heavy atom. The van der Waals surface area contributed by atoms with Gasteiger partial charge < -0.3 is 14.0 Å². The molecule has 8 nitrogen and oxygen atoms in total. The van der Waals surface area contributed by atoms with Gasteiger partial charge in [0.15, 0.2) is 11.5 Å². The molecule has 9 heteroatoms. The average molecular weight is 595 g/mol. The van der Waals surface area contributed by atoms with E-state index in [1.54, 1.807) is 31.2 Å². The van der Waals surface area contributed by atoms with Gasteiger partial charge in [0.25, 0.3) is 0 Å². The van der Waals surface area contributed by atoms with Crippen LogP contribution in [-0.2, 0) is 32.2 Å². The molecule has 0 saturated carbocycles. The van der Waals surface area contributed by atoms with Crippen molar-refractivity contribution in [1.82, 2.24) is 5.43 Å². The summed E-state index contributed by atoms with van der Waals surface area (Å²) in [5.74, 6) is 0.336. The monoisotopic (exact) mass is 594 g/mol. The lowest BCUT2D eigenvalue weighted by atomic mass is 9.78. The number of ether oxygens (including phenoxy) is 1. The lowest BCUT2D eigenvalue weighted by molar-refractivity contribution is -0.121. The fourth-order valence-electron chi connectivity index (χ4n) is 4.29. The van der Waals surface area contributed by atoms with E-state index in [2.05, 4.69) is 52.1 Å². The second kappa shape index (κ2) is 13.0. The van der Waals surface area contributed by atoms with Crippen molar-refractivity contribution in [2.45, 2.75) is 84.0 Å². The number of nitrogens with one attached hydrogen (secondary N) is 1. The summed E-state index contributed by atoms with van der Waals surface area (Å²) in [6.07, 6.45) is 2.15. The number of carbonyl (C=O) groups is 1. The number of hydrogen-bond acceptors (Lipinski definition) is 7. The number of carbonyl (C=O) groups excluding carboxylic acids is 1. The first kappa shape index (κ1) is 32.7. The van der Waals surface area contributed by atoms with Gasteiger partial charge in [0.1, 0.15) is 10.6 Å². The molecule has 0 unspecified atom stereocenters. The number of amides is 1. The van der Waals surface area contributed by atoms with E-state index in [1.807, 2.05) is 19.1 Å². The van der Waals surface area contributed by atoms with Gasteiger partial charge in [-0.3, -0.25) is 4.79 Å². The maximum Gasteiger partial charge on any atom is 0.339 e. The van der Waals surface area contributed by atoms with Crippen molar-refractivity contribution in [1.29, 1.82) is 0 Å². The Morgan fingerprint density at radius 3 is 2.07 bits per heavy atom. The largest absolute Gasteiger partial charge is 0.507 e. The maximum absolute atomic E-state index is 12.8. The Kier molecular flexibility index (Phi) is 10.1. The molecule has 0 atom stereocenters. The highest BCUT2D eigenvalue weighted by Crippen LogP contribution is 2.40. The van der Waals surface area contributed by atoms with Crippen molar-refractivity contribution in [3.63, 3.8) is 0 Å². The van der Waals surface area contributed by atoms with Gasteiger partial charge in [-0.25, -0.2) is 5.43 Å². The van der Waals surface area contributed by atoms with Crippen LogP contribution in [0.4, 0.5) is 0 Å². The van der Waals surface area contributed by atoms with Crippen LogP contribution in [0.15, 0.2) is 64.6 Å². The Labute approximate surface area is 249 Å². The van der Waals surface area contributed by atoms with E-state index in [1.165, 1.54) is 24.4 Å². The molecule has 0 aliphatic carbocycles. The number of rotatable bonds is 10. The molecule has 3 aromatic rings. The van der Waals surface area contributed by atoms with E-state index < -0.39 is 10.1 Å². The van der Waals surface area contributed by atoms with Gasteiger partial charge in [-0.1, -0.05) is 71.4 Å². The summed E-state index contributed by atoms with van der Waals surface area (Å²) < 4.78 is 36.5. The molecule has 0 spiro atoms. The van der Waals surface area contributed by atoms with Gasteiger partial charge in [-0.2, -0.15) is 13.5 Å². The van der Waals surface area contributed by atoms with Gasteiger partial charge in [0.05, 0.1) is 12.8 Å². The molecule has 0 radical (unpaired) electrons. The predicted molar refractivity (Wildman–Crippen MR) is 166 cm³/mol. The zero-order chi connectivity index (χ0) is 31.3. The third kappa shape index (κ3) is 8.58. The minimum Gasteiger partial charge on any atom is -0.507 e. The van der Waals surface area contributed by atoms with Gasteiger partial charge in [-0.15, -0.1) is 0 Å². The molecule has 0 bridgehead atoms. The topological polar surface area (TPSA) is 114 Å². The molecule has 1 amide bonds. The third-order valence-corrected chi connectivity index (χ3v) is 7.85. The number of nitrogens with zero attached hydrogens (tertiary/aromatic N) is 1. The average Bonchev–Trinajstić information content (AvgIpc) is 2.88. The standard InChI is InChI=1S/C33H42N2O6S/c1-9-40-29-20-24(12-16-28(29)41-42(38,39)25-14-10-22(2)11-15-25)21-34-35-30(36)17-13-23-18-26(32(3,4)5)31(37)27(19-23)33(6,7)8/h10-12,14-16,18-21,37H,9,13,17H2,1-8H3,(H,35,36). The summed E-state index contributed by atoms with van der Waals surface area (Å²) >= 11 is 0. The molecular formula is C33H42N2O6S. The van der Waals surface area contributed by atoms with Crippen molar-refractivity contribution in [2.24, 2.45) is 5.10 Å². The minimum absolute atomic E-state index is 0.0421. The van der Waals surface area contributed by atoms with E-state index in [4.69, 9.17) is 8.92 Å². The lowest BCUT2D eigenvalue weighted by Gasteiger charge is -2.28. The molecule has 0 aromatic heterocycles. The van der Waals surface area contributed by atoms with Crippen LogP contribution >= 0.6 is 0 Å². The van der Waals surface area contributed by atoms with Crippen LogP contribution < -0.4 is 14.3 Å². The number of phenolic OH excluding ortho intramolecular Hbond substituents is 1. The van der Waals surface area contributed by atoms with Crippen LogP contribution in [-0.4, -0.2) is 32.3 Å². The minimum atomic E-state index is -4.05. The van der Waals surface area contributed by atoms with Crippen LogP contribution in [0.2, 0.25) is 0 Å². The van der Waals surface area contributed by atoms with E-state index in [9.17, 15) is 18.3 Å². The van der Waals surface area contributed by atoms with E-state index in [0.29, 0.717) is 24.3 Å². The normalized spacial score (nSPS) is 12.4. The molecule has 2 N–H and O–H groups in total. The highest BCUT2D eigenvalue weighted by atomic mass is 32.2. The fraction of sp³-hybridized carbons (Fsp3) is 0.394. The van der Waals surface area contributed by atoms with E-state index >= 15 is 0 Å². The summed E-state index contributed by atoms with van der Waals surface area (Å²) in [7, 11) is -4.05. The second-order valence-electron chi connectivity index (χ2n) is 12.3. The van der Waals surface area contributed by atoms with Crippen molar-refractivity contribution in [3.8, 4) is 17.2 Å². The number of benzene rings is 3. The smallest absolute Gasteiger partial charge is 0.339 e. The number of aromatic hydroxyl groups is 1. The number of hydrazone groups is 1. The van der Waals surface area contributed by atoms with Gasteiger partial charge >= 0.3 is 10.1 Å². The summed E-state index contributed by atoms with van der Waals surface area (Å²) in [5, 5.41) is 15.0. The highest BCUT2D eigenvalue weighted by Gasteiger charge is 2.26. The Morgan fingerprint density at radius 1 is 0.929 bits per heavy atom. The van der Waals surface area contributed by atoms with Crippen molar-refractivity contribution in [2.75, 3.05) is 6.61 Å². The third-order valence-electron chi connectivity index (χ3n) is 6.61. The summed E-state index contributed by atoms with van der Waals surface area (Å²) in [5.41, 5.74) is 6.24. The number of aryl methyl sites for hydroxylation is 2. The Bertz CT molecular complexity index is 1510. The second-order valence-corrected chi connectivity index (χ2v) is 13.9. The number of hydrogen-bond donors (Lipinski definition) is 2. The van der Waals surface area contributed by atoms with Crippen LogP contribution in [0, 0.1) is 6.92 Å². The van der Waals surface area contributed by atoms with E-state index in [0.717, 1.165) is 22.3 Å². The molecule has 3 aromatic carbocycles. The fourth-order valence-corrected chi connectivity index (χ4v) is 5.23. The van der Waals surface area contributed by atoms with Crippen LogP contribution in [0.3, 0.4) is 0 Å². The van der Waals surface area contributed by atoms with Gasteiger partial charge in [-0.05, 0) is 83.7 Å². The molecule has 3 rings (SSSR count). The van der Waals surface area contributed by atoms with Crippen LogP contribution in [0.1, 0.15) is 82.7 Å². The van der Waals surface area contributed by atoms with Crippen LogP contribution in [0.25, 0.3) is 0 Å². The summed E-state index contributed by atoms with van der Waals surface area (Å²) in [6, 6.07) is 15.0. The Hall–Kier alpha value is -3.85. The van der Waals surface area contributed by atoms with Gasteiger partial charge in [0.2, 0.25) is 5.91 Å². The van der Waals surface area contributed by atoms with E-state index in [-0.39, 0.29) is 39.6 Å². The zero-order valence-electron chi connectivity index (χ0n) is 25.7. The predicted octanol–water partition coefficient (Wildman–Crippen LogP) is 6.54. The first-order chi connectivity index (χ1) is 19.5. The molecule has 0 aliphatic rings. The van der Waals surface area contributed by atoms with Crippen molar-refractivity contribution in [3.05, 3.63) is 82.4 Å². The van der Waals surface area contributed by atoms with Crippen molar-refractivity contribution < 1.29 is 27.2 Å². The quantitative estimate of drug-likeness (QED) is 0.156. The maximum atomic E-state index is 12.8. The molecular weight excluding hydrogens is 552 g/mol. The summed E-state index contributed by atoms with van der Waals surface area (Å²) in [6.45, 7) is 16.3. The first-order valence-electron chi connectivity index (χ1n) is 14.0. The lowest BCUT2D eigenvalue weighted by Crippen LogP contribution is -2.20. The molecule has 0 heterocycles. The highest BCUT2D eigenvalue weighted by molar-refractivity contribution is 7.87. The zero-order valence-corrected chi connectivity index (χ0v) is 26.6. The van der Waals surface area contributed by atoms with Crippen molar-refractivity contribution >= 4 is 22.2 Å². The number of phenols is 1. The molecule has 42 heavy (non-hydrogen) atoms. The SMILES string of the molecule is CCOc1cc(C=NNC(=O)CCc2cc(C(C)(C)C)c(O)c(C(C)(C)C)c2)ccc1OS(=O)(=O)c1ccc(C)cc1. The molecule has 0 fully saturated rings. The molecule has 0 saturated heterocycles. The summed E-state index contributed by atoms with van der Waals surface area (Å²) in [4.78, 5) is 12.6. The molecule has 226 valence electrons. The van der Waals surface area contributed by atoms with Crippen LogP contribution in [0.5, 0.6) is 17.2 Å².